The molecule has 0 radical (unpaired) electrons. The molecule has 0 aromatic heterocycles. The third-order valence-corrected chi connectivity index (χ3v) is 14.5. The molecule has 0 spiro atoms. The topological polar surface area (TPSA) is 403 Å². The number of carbonyl (C=O) groups excluding carboxylic acids is 6. The van der Waals surface area contributed by atoms with Gasteiger partial charge in [0.05, 0.1) is 62.0 Å². The molecule has 87 heavy (non-hydrogen) atoms. The van der Waals surface area contributed by atoms with Crippen LogP contribution in [-0.4, -0.2) is 178 Å². The Hall–Kier alpha value is -10.1. The van der Waals surface area contributed by atoms with Crippen molar-refractivity contribution in [3.05, 3.63) is 95.1 Å². The summed E-state index contributed by atoms with van der Waals surface area (Å²) in [6.45, 7) is -0.287. The highest BCUT2D eigenvalue weighted by Crippen LogP contribution is 2.43. The molecule has 4 heterocycles. The zero-order valence-corrected chi connectivity index (χ0v) is 46.8. The molecule has 8 rings (SSSR count). The minimum atomic E-state index is -1.58. The fourth-order valence-electron chi connectivity index (χ4n) is 10.2. The first-order valence-corrected chi connectivity index (χ1v) is 27.3. The van der Waals surface area contributed by atoms with Gasteiger partial charge in [0.25, 0.3) is 11.8 Å². The Kier molecular flexibility index (Phi) is 20.4. The molecule has 2 fully saturated rings. The summed E-state index contributed by atoms with van der Waals surface area (Å²) < 4.78 is 45.3. The third-order valence-electron chi connectivity index (χ3n) is 14.5. The summed E-state index contributed by atoms with van der Waals surface area (Å²) in [5.41, 5.74) is 0.692. The Morgan fingerprint density at radius 1 is 0.552 bits per heavy atom. The van der Waals surface area contributed by atoms with E-state index >= 15 is 0 Å². The van der Waals surface area contributed by atoms with E-state index in [1.807, 2.05) is 0 Å². The first-order valence-electron chi connectivity index (χ1n) is 27.3. The van der Waals surface area contributed by atoms with Gasteiger partial charge in [0.1, 0.15) is 36.8 Å². The first-order chi connectivity index (χ1) is 41.6. The Bertz CT molecular complexity index is 3060. The number of carbonyl (C=O) groups is 10. The highest BCUT2D eigenvalue weighted by Gasteiger charge is 2.47. The normalized spacial score (nSPS) is 18.2. The molecule has 464 valence electrons. The highest BCUT2D eigenvalue weighted by molar-refractivity contribution is 6.07. The van der Waals surface area contributed by atoms with Crippen LogP contribution in [0.5, 0.6) is 34.5 Å². The maximum Gasteiger partial charge on any atom is 0.416 e. The van der Waals surface area contributed by atoms with Crippen LogP contribution in [0.15, 0.2) is 72.8 Å². The minimum Gasteiger partial charge on any atom is -0.493 e. The molecule has 4 aliphatic rings. The Morgan fingerprint density at radius 2 is 0.931 bits per heavy atom. The third kappa shape index (κ3) is 15.1. The van der Waals surface area contributed by atoms with Gasteiger partial charge < -0.3 is 89.0 Å². The van der Waals surface area contributed by atoms with Gasteiger partial charge >= 0.3 is 48.3 Å². The maximum atomic E-state index is 14.1. The summed E-state index contributed by atoms with van der Waals surface area (Å²) in [7, 11) is 2.70. The Labute approximate surface area is 494 Å². The van der Waals surface area contributed by atoms with E-state index in [1.54, 1.807) is 0 Å². The number of benzene rings is 4. The molecule has 4 aromatic rings. The number of rotatable bonds is 24. The van der Waals surface area contributed by atoms with E-state index in [4.69, 9.17) is 48.1 Å². The number of fused-ring (bicyclic) bond motifs is 4. The summed E-state index contributed by atoms with van der Waals surface area (Å²) in [6.07, 6.45) is -7.36. The lowest BCUT2D eigenvalue weighted by Gasteiger charge is -2.31. The molecule has 0 aliphatic carbocycles. The average Bonchev–Trinajstić information content (AvgIpc) is 1.81. The van der Waals surface area contributed by atoms with Crippen molar-refractivity contribution < 1.29 is 116 Å². The van der Waals surface area contributed by atoms with Crippen LogP contribution in [0.2, 0.25) is 0 Å². The quantitative estimate of drug-likeness (QED) is 0.0447. The summed E-state index contributed by atoms with van der Waals surface area (Å²) >= 11 is 0. The summed E-state index contributed by atoms with van der Waals surface area (Å²) in [5.74, 6) is -6.09. The lowest BCUT2D eigenvalue weighted by atomic mass is 10.1. The minimum absolute atomic E-state index is 0.00405. The fourth-order valence-corrected chi connectivity index (χ4v) is 10.2. The number of ether oxygens (including phenoxy) is 8. The van der Waals surface area contributed by atoms with Gasteiger partial charge in [-0.25, -0.2) is 38.6 Å². The lowest BCUT2D eigenvalue weighted by Crippen LogP contribution is -2.50. The molecular weight excluding hydrogens is 1150 g/mol. The van der Waals surface area contributed by atoms with Gasteiger partial charge in [0.2, 0.25) is 0 Å². The van der Waals surface area contributed by atoms with Crippen LogP contribution in [-0.2, 0) is 41.9 Å². The Balaban J connectivity index is 0.927. The number of nitrogens with zero attached hydrogens (tertiary/aromatic N) is 4. The van der Waals surface area contributed by atoms with E-state index in [-0.39, 0.29) is 103 Å². The van der Waals surface area contributed by atoms with Crippen LogP contribution in [0.3, 0.4) is 0 Å². The average molecular weight is 1220 g/mol. The molecule has 4 aliphatic heterocycles. The predicted octanol–water partition coefficient (Wildman–Crippen LogP) is 4.52. The monoisotopic (exact) mass is 1210 g/mol. The number of aliphatic hydroxyl groups excluding tert-OH is 2. The van der Waals surface area contributed by atoms with Crippen LogP contribution in [0.4, 0.5) is 30.6 Å². The van der Waals surface area contributed by atoms with Crippen molar-refractivity contribution in [2.75, 3.05) is 50.3 Å². The lowest BCUT2D eigenvalue weighted by molar-refractivity contribution is -0.142. The van der Waals surface area contributed by atoms with Crippen LogP contribution in [0, 0.1) is 0 Å². The van der Waals surface area contributed by atoms with Gasteiger partial charge in [0.15, 0.2) is 35.5 Å². The van der Waals surface area contributed by atoms with Gasteiger partial charge in [-0.1, -0.05) is 24.3 Å². The van der Waals surface area contributed by atoms with Gasteiger partial charge in [-0.05, 0) is 86.1 Å². The molecular formula is C57H62N6O24. The second-order valence-electron chi connectivity index (χ2n) is 20.2. The van der Waals surface area contributed by atoms with E-state index in [0.29, 0.717) is 49.9 Å². The predicted molar refractivity (Wildman–Crippen MR) is 295 cm³/mol. The molecule has 30 heteroatoms. The standard InChI is InChI=1S/C57H62N6O24/c1-80-42-24-34-40(62(50(70)38-6-3-20-60(38)48(34)68)56(78)84-28-30-8-12-32(13-9-30)86-54(76)58-36(52(72)73)16-18-46(64)65)26-44(42)82-22-5-23-83-45-27-41-35(25-43(45)81-2)49(69)61-21-4-7-39(61)51(71)63(41)57(79)85-29-31-10-14-33(15-11-31)87-55(77)59-37(53(74)75)17-19-47(66)67/h8-15,24-27,36-39,50-51,70-71H,3-7,16-23,28-29H2,1-2H3,(H,58,76)(H,59,77)(H,64,65)(H,66,67)(H,72,73)(H,74,75)/t36-,37-,38-,39-,50-,51-/m0/s1. The molecule has 6 amide bonds. The first kappa shape index (κ1) is 62.9. The number of amides is 6. The number of aliphatic hydroxyl groups is 2. The van der Waals surface area contributed by atoms with E-state index in [0.717, 1.165) is 9.80 Å². The van der Waals surface area contributed by atoms with Crippen molar-refractivity contribution in [3.8, 4) is 34.5 Å². The number of anilines is 2. The van der Waals surface area contributed by atoms with Crippen molar-refractivity contribution in [1.29, 1.82) is 0 Å². The van der Waals surface area contributed by atoms with Gasteiger partial charge in [-0.2, -0.15) is 0 Å². The number of nitrogens with one attached hydrogen (secondary N) is 2. The number of methoxy groups -OCH3 is 2. The molecule has 2 saturated heterocycles. The van der Waals surface area contributed by atoms with Gasteiger partial charge in [-0.15, -0.1) is 0 Å². The van der Waals surface area contributed by atoms with Gasteiger partial charge in [-0.3, -0.25) is 19.2 Å². The zero-order valence-electron chi connectivity index (χ0n) is 46.8. The number of aliphatic carboxylic acids is 4. The van der Waals surface area contributed by atoms with Crippen LogP contribution in [0.25, 0.3) is 0 Å². The van der Waals surface area contributed by atoms with Crippen molar-refractivity contribution >= 4 is 71.4 Å². The van der Waals surface area contributed by atoms with Crippen molar-refractivity contribution in [2.24, 2.45) is 0 Å². The van der Waals surface area contributed by atoms with E-state index in [2.05, 4.69) is 10.6 Å². The van der Waals surface area contributed by atoms with Crippen LogP contribution >= 0.6 is 0 Å². The largest absolute Gasteiger partial charge is 0.493 e. The molecule has 0 bridgehead atoms. The second kappa shape index (κ2) is 28.2. The van der Waals surface area contributed by atoms with E-state index < -0.39 is 110 Å². The van der Waals surface area contributed by atoms with Crippen LogP contribution < -0.4 is 48.9 Å². The Morgan fingerprint density at radius 3 is 1.28 bits per heavy atom. The summed E-state index contributed by atoms with van der Waals surface area (Å²) in [5, 5.41) is 64.3. The highest BCUT2D eigenvalue weighted by atomic mass is 16.6. The number of hydrogen-bond acceptors (Lipinski definition) is 20. The van der Waals surface area contributed by atoms with Crippen molar-refractivity contribution in [3.63, 3.8) is 0 Å². The molecule has 4 aromatic carbocycles. The van der Waals surface area contributed by atoms with Crippen molar-refractivity contribution in [2.45, 2.75) is 108 Å². The van der Waals surface area contributed by atoms with Crippen molar-refractivity contribution in [1.82, 2.24) is 20.4 Å². The maximum absolute atomic E-state index is 14.1. The van der Waals surface area contributed by atoms with Crippen LogP contribution in [0.1, 0.15) is 89.6 Å². The number of carboxylic acids is 4. The second-order valence-corrected chi connectivity index (χ2v) is 20.2. The van der Waals surface area contributed by atoms with E-state index in [1.165, 1.54) is 96.8 Å². The fraction of sp³-hybridized carbons (Fsp3) is 0.404. The summed E-state index contributed by atoms with van der Waals surface area (Å²) in [6, 6.07) is 12.0. The molecule has 8 N–H and O–H groups in total. The zero-order chi connectivity index (χ0) is 62.6. The van der Waals surface area contributed by atoms with E-state index in [9.17, 15) is 68.4 Å². The number of hydrogen-bond donors (Lipinski definition) is 8. The van der Waals surface area contributed by atoms with Gasteiger partial charge in [0, 0.05) is 44.5 Å². The molecule has 30 nitrogen and oxygen atoms in total. The molecule has 0 saturated carbocycles. The number of carboxylic acid groups (broad SMARTS) is 4. The smallest absolute Gasteiger partial charge is 0.416 e. The molecule has 0 unspecified atom stereocenters. The summed E-state index contributed by atoms with van der Waals surface area (Å²) in [4.78, 5) is 131. The molecule has 6 atom stereocenters. The SMILES string of the molecule is COc1cc2c(cc1OCCCOc1cc3c(cc1OC)C(=O)N1CCC[C@H]1[C@H](O)N3C(=O)OCc1ccc(OC(=O)N[C@@H](CCC(=O)O)C(=O)O)cc1)N(C(=O)OCc1ccc(OC(=O)N[C@@H](CCC(=O)O)C(=O)O)cc1)[C@@H](O)[C@@H]1CCCN1C2=O.